The Balaban J connectivity index is 2.12. The van der Waals surface area contributed by atoms with Gasteiger partial charge in [0.2, 0.25) is 5.69 Å². The van der Waals surface area contributed by atoms with Gasteiger partial charge in [-0.1, -0.05) is 30.3 Å². The van der Waals surface area contributed by atoms with Gasteiger partial charge in [0.25, 0.3) is 0 Å². The van der Waals surface area contributed by atoms with Crippen LogP contribution >= 0.6 is 0 Å². The van der Waals surface area contributed by atoms with Crippen LogP contribution in [0.25, 0.3) is 20.8 Å². The summed E-state index contributed by atoms with van der Waals surface area (Å²) in [6.45, 7) is 21.3. The van der Waals surface area contributed by atoms with Crippen LogP contribution in [0.3, 0.4) is 0 Å². The number of aryl methyl sites for hydroxylation is 1. The molecule has 0 radical (unpaired) electrons. The molecule has 1 aromatic heterocycles. The van der Waals surface area contributed by atoms with Gasteiger partial charge in [-0.15, -0.1) is 0 Å². The molecule has 0 aliphatic heterocycles. The third-order valence-corrected chi connectivity index (χ3v) is 5.15. The zero-order valence-electron chi connectivity index (χ0n) is 16.2. The number of hydrogen-bond acceptors (Lipinski definition) is 1. The molecule has 0 bridgehead atoms. The fourth-order valence-corrected chi connectivity index (χ4v) is 3.54. The van der Waals surface area contributed by atoms with E-state index in [1.165, 1.54) is 6.07 Å². The second-order valence-electron chi connectivity index (χ2n) is 6.84. The summed E-state index contributed by atoms with van der Waals surface area (Å²) in [7, 11) is 0. The van der Waals surface area contributed by atoms with Crippen LogP contribution in [0.2, 0.25) is 0 Å². The molecule has 0 fully saturated rings. The van der Waals surface area contributed by atoms with E-state index in [0.29, 0.717) is 30.0 Å². The van der Waals surface area contributed by atoms with Crippen LogP contribution < -0.4 is 5.73 Å². The molecule has 140 valence electrons. The van der Waals surface area contributed by atoms with Crippen molar-refractivity contribution in [3.63, 3.8) is 0 Å². The fraction of sp³-hybridized carbons (Fsp3) is 0.217. The molecule has 0 aliphatic rings. The van der Waals surface area contributed by atoms with Crippen LogP contribution in [0.15, 0.2) is 36.4 Å². The molecule has 2 N–H and O–H groups in total. The summed E-state index contributed by atoms with van der Waals surface area (Å²) in [5.41, 5.74) is 12.4. The molecular formula is C23H21FN4. The SMILES string of the molecule is [C-]#[N+]c1ccc(-c2c([N+]#[C-])c(C)n(Cc3ccc(CN)cc3F)c2C)cc1C. The first-order valence-electron chi connectivity index (χ1n) is 8.94. The van der Waals surface area contributed by atoms with E-state index in [1.807, 2.05) is 43.5 Å². The normalized spacial score (nSPS) is 10.5. The van der Waals surface area contributed by atoms with E-state index in [9.17, 15) is 4.39 Å². The lowest BCUT2D eigenvalue weighted by Gasteiger charge is -2.12. The summed E-state index contributed by atoms with van der Waals surface area (Å²) < 4.78 is 16.5. The lowest BCUT2D eigenvalue weighted by Crippen LogP contribution is -2.07. The molecule has 1 heterocycles. The van der Waals surface area contributed by atoms with Crippen molar-refractivity contribution in [2.75, 3.05) is 0 Å². The molecule has 5 heteroatoms. The van der Waals surface area contributed by atoms with Crippen molar-refractivity contribution in [3.8, 4) is 11.1 Å². The van der Waals surface area contributed by atoms with Crippen molar-refractivity contribution in [3.05, 3.63) is 93.1 Å². The zero-order valence-corrected chi connectivity index (χ0v) is 16.2. The number of nitrogens with zero attached hydrogens (tertiary/aromatic N) is 3. The van der Waals surface area contributed by atoms with Gasteiger partial charge < -0.3 is 10.3 Å². The summed E-state index contributed by atoms with van der Waals surface area (Å²) in [6, 6.07) is 10.6. The quantitative estimate of drug-likeness (QED) is 0.575. The molecule has 0 aliphatic carbocycles. The molecule has 4 nitrogen and oxygen atoms in total. The third kappa shape index (κ3) is 3.29. The molecule has 0 amide bonds. The van der Waals surface area contributed by atoms with Crippen LogP contribution in [0, 0.1) is 39.7 Å². The van der Waals surface area contributed by atoms with Crippen molar-refractivity contribution in [2.45, 2.75) is 33.9 Å². The Hall–Kier alpha value is -3.41. The van der Waals surface area contributed by atoms with Crippen molar-refractivity contribution in [1.29, 1.82) is 0 Å². The molecule has 0 unspecified atom stereocenters. The standard InChI is InChI=1S/C23H21FN4/c1-14-10-18(8-9-21(14)26-4)22-15(2)28(16(3)23(22)27-5)13-19-7-6-17(12-25)11-20(19)24/h6-11H,12-13,25H2,1-3H3. The highest BCUT2D eigenvalue weighted by Crippen LogP contribution is 2.40. The van der Waals surface area contributed by atoms with E-state index in [1.54, 1.807) is 12.1 Å². The minimum atomic E-state index is -0.293. The highest BCUT2D eigenvalue weighted by Gasteiger charge is 2.20. The van der Waals surface area contributed by atoms with Gasteiger partial charge >= 0.3 is 0 Å². The van der Waals surface area contributed by atoms with E-state index in [0.717, 1.165) is 33.6 Å². The molecule has 0 saturated heterocycles. The first kappa shape index (κ1) is 19.4. The predicted molar refractivity (Wildman–Crippen MR) is 110 cm³/mol. The Bertz CT molecular complexity index is 1140. The van der Waals surface area contributed by atoms with Crippen LogP contribution in [0.5, 0.6) is 0 Å². The van der Waals surface area contributed by atoms with Gasteiger partial charge in [-0.25, -0.2) is 14.1 Å². The number of nitrogens with two attached hydrogens (primary N) is 1. The molecular weight excluding hydrogens is 351 g/mol. The van der Waals surface area contributed by atoms with E-state index in [2.05, 4.69) is 9.69 Å². The van der Waals surface area contributed by atoms with Crippen LogP contribution in [0.1, 0.15) is 28.1 Å². The van der Waals surface area contributed by atoms with Gasteiger partial charge in [-0.3, -0.25) is 0 Å². The third-order valence-electron chi connectivity index (χ3n) is 5.15. The predicted octanol–water partition coefficient (Wildman–Crippen LogP) is 5.83. The maximum atomic E-state index is 14.5. The first-order valence-corrected chi connectivity index (χ1v) is 8.94. The second-order valence-corrected chi connectivity index (χ2v) is 6.84. The van der Waals surface area contributed by atoms with E-state index >= 15 is 0 Å². The summed E-state index contributed by atoms with van der Waals surface area (Å²) in [6.07, 6.45) is 0. The second kappa shape index (κ2) is 7.68. The number of hydrogen-bond donors (Lipinski definition) is 1. The molecule has 2 aromatic carbocycles. The van der Waals surface area contributed by atoms with Crippen molar-refractivity contribution in [1.82, 2.24) is 4.57 Å². The maximum Gasteiger partial charge on any atom is 0.215 e. The van der Waals surface area contributed by atoms with Gasteiger partial charge in [0, 0.05) is 35.6 Å². The van der Waals surface area contributed by atoms with E-state index in [4.69, 9.17) is 18.9 Å². The van der Waals surface area contributed by atoms with E-state index in [-0.39, 0.29) is 5.82 Å². The van der Waals surface area contributed by atoms with Gasteiger partial charge in [0.05, 0.1) is 13.1 Å². The highest BCUT2D eigenvalue weighted by atomic mass is 19.1. The molecule has 0 saturated carbocycles. The molecule has 0 spiro atoms. The van der Waals surface area contributed by atoms with Crippen LogP contribution in [-0.2, 0) is 13.1 Å². The average Bonchev–Trinajstić information content (AvgIpc) is 2.93. The Kier molecular flexibility index (Phi) is 5.31. The Morgan fingerprint density at radius 1 is 1.00 bits per heavy atom. The van der Waals surface area contributed by atoms with Gasteiger partial charge in [0.15, 0.2) is 5.69 Å². The smallest absolute Gasteiger partial charge is 0.215 e. The number of benzene rings is 2. The van der Waals surface area contributed by atoms with Crippen molar-refractivity contribution >= 4 is 11.4 Å². The summed E-state index contributed by atoms with van der Waals surface area (Å²) in [4.78, 5) is 7.26. The molecule has 3 aromatic rings. The first-order chi connectivity index (χ1) is 13.4. The molecule has 28 heavy (non-hydrogen) atoms. The van der Waals surface area contributed by atoms with Crippen molar-refractivity contribution < 1.29 is 4.39 Å². The Labute approximate surface area is 164 Å². The minimum Gasteiger partial charge on any atom is -0.355 e. The van der Waals surface area contributed by atoms with Gasteiger partial charge in [0.1, 0.15) is 5.82 Å². The lowest BCUT2D eigenvalue weighted by molar-refractivity contribution is 0.593. The number of aromatic nitrogens is 1. The fourth-order valence-electron chi connectivity index (χ4n) is 3.54. The monoisotopic (exact) mass is 372 g/mol. The number of rotatable bonds is 4. The molecule has 3 rings (SSSR count). The Morgan fingerprint density at radius 2 is 1.75 bits per heavy atom. The Morgan fingerprint density at radius 3 is 2.32 bits per heavy atom. The summed E-state index contributed by atoms with van der Waals surface area (Å²) in [5.74, 6) is -0.293. The zero-order chi connectivity index (χ0) is 20.4. The maximum absolute atomic E-state index is 14.5. The highest BCUT2D eigenvalue weighted by molar-refractivity contribution is 5.84. The van der Waals surface area contributed by atoms with Crippen LogP contribution in [0.4, 0.5) is 15.8 Å². The summed E-state index contributed by atoms with van der Waals surface area (Å²) in [5, 5.41) is 0. The lowest BCUT2D eigenvalue weighted by atomic mass is 10.0. The van der Waals surface area contributed by atoms with Gasteiger partial charge in [-0.2, -0.15) is 0 Å². The van der Waals surface area contributed by atoms with Gasteiger partial charge in [-0.05, 0) is 43.5 Å². The minimum absolute atomic E-state index is 0.293. The molecule has 0 atom stereocenters. The van der Waals surface area contributed by atoms with E-state index < -0.39 is 0 Å². The van der Waals surface area contributed by atoms with Crippen LogP contribution in [-0.4, -0.2) is 4.57 Å². The van der Waals surface area contributed by atoms with Crippen molar-refractivity contribution in [2.24, 2.45) is 5.73 Å². The largest absolute Gasteiger partial charge is 0.355 e. The topological polar surface area (TPSA) is 39.7 Å². The number of halogens is 1. The summed E-state index contributed by atoms with van der Waals surface area (Å²) >= 11 is 0. The average molecular weight is 372 g/mol.